The summed E-state index contributed by atoms with van der Waals surface area (Å²) < 4.78 is 2.05. The minimum Gasteiger partial charge on any atom is -0.398 e. The third-order valence-corrected chi connectivity index (χ3v) is 3.12. The molecule has 0 saturated carbocycles. The van der Waals surface area contributed by atoms with Gasteiger partial charge in [0.25, 0.3) is 0 Å². The first-order valence-corrected chi connectivity index (χ1v) is 5.96. The number of imidazole rings is 1. The number of benzene rings is 1. The third-order valence-electron chi connectivity index (χ3n) is 3.12. The van der Waals surface area contributed by atoms with Crippen LogP contribution in [-0.4, -0.2) is 9.38 Å². The summed E-state index contributed by atoms with van der Waals surface area (Å²) in [5, 5.41) is 0. The fraction of sp³-hybridized carbons (Fsp3) is 0.133. The average Bonchev–Trinajstić information content (AvgIpc) is 2.66. The molecule has 0 spiro atoms. The van der Waals surface area contributed by atoms with Crippen LogP contribution in [0.15, 0.2) is 42.6 Å². The van der Waals surface area contributed by atoms with Crippen LogP contribution in [0.4, 0.5) is 5.69 Å². The molecule has 0 amide bonds. The highest BCUT2D eigenvalue weighted by molar-refractivity contribution is 5.67. The number of anilines is 1. The highest BCUT2D eigenvalue weighted by Crippen LogP contribution is 2.24. The number of hydrogen-bond acceptors (Lipinski definition) is 2. The van der Waals surface area contributed by atoms with Gasteiger partial charge in [-0.05, 0) is 32.0 Å². The molecule has 0 aliphatic rings. The molecule has 0 aliphatic heterocycles. The number of nitrogens with zero attached hydrogens (tertiary/aromatic N) is 2. The van der Waals surface area contributed by atoms with Crippen molar-refractivity contribution < 1.29 is 0 Å². The van der Waals surface area contributed by atoms with Crippen molar-refractivity contribution in [2.45, 2.75) is 13.8 Å². The Kier molecular flexibility index (Phi) is 2.33. The number of nitrogen functional groups attached to an aromatic ring is 1. The standard InChI is InChI=1S/C15H15N3/c1-10-4-3-5-12(8-10)15-17-11(2)14-7-6-13(16)9-18(14)15/h3-9H,16H2,1-2H3. The number of aryl methyl sites for hydroxylation is 2. The summed E-state index contributed by atoms with van der Waals surface area (Å²) in [7, 11) is 0. The quantitative estimate of drug-likeness (QED) is 0.706. The van der Waals surface area contributed by atoms with Crippen LogP contribution in [0.3, 0.4) is 0 Å². The molecule has 3 aromatic rings. The fourth-order valence-electron chi connectivity index (χ4n) is 2.25. The van der Waals surface area contributed by atoms with Gasteiger partial charge in [0.05, 0.1) is 11.2 Å². The summed E-state index contributed by atoms with van der Waals surface area (Å²) in [4.78, 5) is 4.65. The number of hydrogen-bond donors (Lipinski definition) is 1. The summed E-state index contributed by atoms with van der Waals surface area (Å²) in [5.41, 5.74) is 11.1. The van der Waals surface area contributed by atoms with Gasteiger partial charge in [-0.3, -0.25) is 4.40 Å². The minimum atomic E-state index is 0.744. The number of fused-ring (bicyclic) bond motifs is 1. The van der Waals surface area contributed by atoms with Crippen molar-refractivity contribution in [1.29, 1.82) is 0 Å². The van der Waals surface area contributed by atoms with E-state index >= 15 is 0 Å². The first kappa shape index (κ1) is 10.8. The summed E-state index contributed by atoms with van der Waals surface area (Å²) in [6, 6.07) is 12.3. The molecule has 3 nitrogen and oxygen atoms in total. The first-order valence-electron chi connectivity index (χ1n) is 5.96. The van der Waals surface area contributed by atoms with E-state index in [0.717, 1.165) is 28.3 Å². The zero-order chi connectivity index (χ0) is 12.7. The maximum atomic E-state index is 5.86. The molecule has 2 aromatic heterocycles. The van der Waals surface area contributed by atoms with Gasteiger partial charge in [-0.2, -0.15) is 0 Å². The molecular formula is C15H15N3. The smallest absolute Gasteiger partial charge is 0.144 e. The highest BCUT2D eigenvalue weighted by atomic mass is 15.0. The Labute approximate surface area is 106 Å². The molecule has 2 N–H and O–H groups in total. The largest absolute Gasteiger partial charge is 0.398 e. The van der Waals surface area contributed by atoms with Crippen LogP contribution in [0.2, 0.25) is 0 Å². The van der Waals surface area contributed by atoms with E-state index in [4.69, 9.17) is 5.73 Å². The molecule has 3 heteroatoms. The van der Waals surface area contributed by atoms with Gasteiger partial charge in [-0.1, -0.05) is 23.8 Å². The van der Waals surface area contributed by atoms with Crippen LogP contribution in [0, 0.1) is 13.8 Å². The van der Waals surface area contributed by atoms with E-state index in [1.807, 2.05) is 31.3 Å². The Morgan fingerprint density at radius 1 is 1.11 bits per heavy atom. The maximum absolute atomic E-state index is 5.86. The van der Waals surface area contributed by atoms with Crippen LogP contribution in [0.5, 0.6) is 0 Å². The lowest BCUT2D eigenvalue weighted by molar-refractivity contribution is 1.16. The van der Waals surface area contributed by atoms with Crippen molar-refractivity contribution in [2.75, 3.05) is 5.73 Å². The minimum absolute atomic E-state index is 0.744. The molecule has 90 valence electrons. The molecule has 0 bridgehead atoms. The zero-order valence-electron chi connectivity index (χ0n) is 10.5. The SMILES string of the molecule is Cc1cccc(-c2nc(C)c3ccc(N)cn23)c1. The molecule has 0 fully saturated rings. The Hall–Kier alpha value is -2.29. The van der Waals surface area contributed by atoms with Gasteiger partial charge in [-0.15, -0.1) is 0 Å². The van der Waals surface area contributed by atoms with Crippen LogP contribution >= 0.6 is 0 Å². The first-order chi connectivity index (χ1) is 8.65. The van der Waals surface area contributed by atoms with E-state index in [9.17, 15) is 0 Å². The zero-order valence-corrected chi connectivity index (χ0v) is 10.5. The van der Waals surface area contributed by atoms with Crippen LogP contribution < -0.4 is 5.73 Å². The van der Waals surface area contributed by atoms with E-state index < -0.39 is 0 Å². The number of rotatable bonds is 1. The molecule has 0 aliphatic carbocycles. The lowest BCUT2D eigenvalue weighted by Crippen LogP contribution is -1.93. The molecule has 1 aromatic carbocycles. The molecule has 2 heterocycles. The number of pyridine rings is 1. The summed E-state index contributed by atoms with van der Waals surface area (Å²) in [6.07, 6.45) is 1.92. The van der Waals surface area contributed by atoms with Crippen molar-refractivity contribution in [2.24, 2.45) is 0 Å². The predicted molar refractivity (Wildman–Crippen MR) is 74.5 cm³/mol. The van der Waals surface area contributed by atoms with Crippen molar-refractivity contribution in [3.8, 4) is 11.4 Å². The van der Waals surface area contributed by atoms with Gasteiger partial charge in [0, 0.05) is 17.4 Å². The summed E-state index contributed by atoms with van der Waals surface area (Å²) in [5.74, 6) is 0.943. The van der Waals surface area contributed by atoms with Crippen LogP contribution in [0.25, 0.3) is 16.9 Å². The van der Waals surface area contributed by atoms with E-state index in [2.05, 4.69) is 34.5 Å². The van der Waals surface area contributed by atoms with Crippen LogP contribution in [0.1, 0.15) is 11.3 Å². The topological polar surface area (TPSA) is 43.3 Å². The van der Waals surface area contributed by atoms with Crippen molar-refractivity contribution in [1.82, 2.24) is 9.38 Å². The van der Waals surface area contributed by atoms with Gasteiger partial charge in [0.2, 0.25) is 0 Å². The maximum Gasteiger partial charge on any atom is 0.144 e. The second-order valence-corrected chi connectivity index (χ2v) is 4.61. The Morgan fingerprint density at radius 2 is 1.94 bits per heavy atom. The van der Waals surface area contributed by atoms with Gasteiger partial charge in [-0.25, -0.2) is 4.98 Å². The molecule has 0 saturated heterocycles. The Morgan fingerprint density at radius 3 is 2.72 bits per heavy atom. The van der Waals surface area contributed by atoms with Gasteiger partial charge in [0.15, 0.2) is 0 Å². The predicted octanol–water partition coefficient (Wildman–Crippen LogP) is 3.20. The monoisotopic (exact) mass is 237 g/mol. The second-order valence-electron chi connectivity index (χ2n) is 4.61. The van der Waals surface area contributed by atoms with Crippen molar-refractivity contribution >= 4 is 11.2 Å². The summed E-state index contributed by atoms with van der Waals surface area (Å²) in [6.45, 7) is 4.10. The Bertz CT molecular complexity index is 726. The van der Waals surface area contributed by atoms with Crippen molar-refractivity contribution in [3.63, 3.8) is 0 Å². The molecule has 0 radical (unpaired) electrons. The summed E-state index contributed by atoms with van der Waals surface area (Å²) >= 11 is 0. The normalized spacial score (nSPS) is 11.0. The van der Waals surface area contributed by atoms with E-state index in [1.54, 1.807) is 0 Å². The molecule has 18 heavy (non-hydrogen) atoms. The molecule has 0 atom stereocenters. The van der Waals surface area contributed by atoms with Gasteiger partial charge in [0.1, 0.15) is 5.82 Å². The molecule has 3 rings (SSSR count). The third kappa shape index (κ3) is 1.64. The lowest BCUT2D eigenvalue weighted by Gasteiger charge is -2.03. The fourth-order valence-corrected chi connectivity index (χ4v) is 2.25. The second kappa shape index (κ2) is 3.88. The molecule has 0 unspecified atom stereocenters. The van der Waals surface area contributed by atoms with E-state index in [0.29, 0.717) is 0 Å². The molecular weight excluding hydrogens is 222 g/mol. The number of nitrogens with two attached hydrogens (primary N) is 1. The van der Waals surface area contributed by atoms with Crippen molar-refractivity contribution in [3.05, 3.63) is 53.9 Å². The van der Waals surface area contributed by atoms with Gasteiger partial charge >= 0.3 is 0 Å². The lowest BCUT2D eigenvalue weighted by atomic mass is 10.1. The van der Waals surface area contributed by atoms with E-state index in [1.165, 1.54) is 5.56 Å². The van der Waals surface area contributed by atoms with Crippen LogP contribution in [-0.2, 0) is 0 Å². The average molecular weight is 237 g/mol. The number of aromatic nitrogens is 2. The van der Waals surface area contributed by atoms with Gasteiger partial charge < -0.3 is 5.73 Å². The highest BCUT2D eigenvalue weighted by Gasteiger charge is 2.09. The Balaban J connectivity index is 2.32. The van der Waals surface area contributed by atoms with E-state index in [-0.39, 0.29) is 0 Å².